The normalized spacial score (nSPS) is 10.4. The number of rotatable bonds is 6. The fraction of sp³-hybridized carbons (Fsp3) is 0.158. The second-order valence-electron chi connectivity index (χ2n) is 5.44. The van der Waals surface area contributed by atoms with Gasteiger partial charge in [-0.05, 0) is 30.3 Å². The minimum absolute atomic E-state index is 0.162. The molecule has 0 saturated carbocycles. The minimum Gasteiger partial charge on any atom is -0.497 e. The summed E-state index contributed by atoms with van der Waals surface area (Å²) in [6.07, 6.45) is 0. The van der Waals surface area contributed by atoms with Crippen molar-refractivity contribution in [2.75, 3.05) is 26.6 Å². The fourth-order valence-corrected chi connectivity index (χ4v) is 3.11. The zero-order valence-electron chi connectivity index (χ0n) is 14.9. The highest BCUT2D eigenvalue weighted by molar-refractivity contribution is 7.14. The van der Waals surface area contributed by atoms with Gasteiger partial charge < -0.3 is 14.2 Å². The highest BCUT2D eigenvalue weighted by Crippen LogP contribution is 2.29. The molecule has 2 aromatic carbocycles. The van der Waals surface area contributed by atoms with Crippen LogP contribution in [0.25, 0.3) is 11.3 Å². The lowest BCUT2D eigenvalue weighted by Crippen LogP contribution is -2.12. The molecule has 0 spiro atoms. The lowest BCUT2D eigenvalue weighted by atomic mass is 10.1. The average Bonchev–Trinajstić information content (AvgIpc) is 3.15. The number of carbonyl (C=O) groups is 1. The Morgan fingerprint density at radius 2 is 1.74 bits per heavy atom. The Balaban J connectivity index is 1.79. The van der Waals surface area contributed by atoms with E-state index in [4.69, 9.17) is 14.2 Å². The summed E-state index contributed by atoms with van der Waals surface area (Å²) in [5, 5.41) is 4.86. The van der Waals surface area contributed by atoms with E-state index in [9.17, 15) is 9.18 Å². The predicted octanol–water partition coefficient (Wildman–Crippen LogP) is 4.23. The van der Waals surface area contributed by atoms with Gasteiger partial charge in [-0.25, -0.2) is 9.37 Å². The molecule has 0 aliphatic carbocycles. The van der Waals surface area contributed by atoms with Crippen LogP contribution in [0.2, 0.25) is 0 Å². The lowest BCUT2D eigenvalue weighted by Gasteiger charge is -2.08. The Kier molecular flexibility index (Phi) is 5.56. The smallest absolute Gasteiger partial charge is 0.257 e. The summed E-state index contributed by atoms with van der Waals surface area (Å²) in [4.78, 5) is 16.8. The summed E-state index contributed by atoms with van der Waals surface area (Å²) >= 11 is 1.24. The molecule has 0 aliphatic heterocycles. The Labute approximate surface area is 159 Å². The minimum atomic E-state index is -0.475. The monoisotopic (exact) mass is 388 g/mol. The van der Waals surface area contributed by atoms with Crippen LogP contribution in [0, 0.1) is 5.82 Å². The maximum Gasteiger partial charge on any atom is 0.257 e. The van der Waals surface area contributed by atoms with Crippen molar-refractivity contribution >= 4 is 22.4 Å². The van der Waals surface area contributed by atoms with Crippen LogP contribution in [0.15, 0.2) is 41.8 Å². The summed E-state index contributed by atoms with van der Waals surface area (Å²) in [6.45, 7) is 0. The number of hydrogen-bond acceptors (Lipinski definition) is 6. The average molecular weight is 388 g/mol. The SMILES string of the molecule is COc1cc(OC)cc(C(=O)Nc2nc(-c3ccc(OC)c(F)c3)cs2)c1. The van der Waals surface area contributed by atoms with Crippen LogP contribution in [-0.2, 0) is 0 Å². The van der Waals surface area contributed by atoms with E-state index in [1.807, 2.05) is 0 Å². The zero-order chi connectivity index (χ0) is 19.4. The first-order valence-electron chi connectivity index (χ1n) is 7.88. The van der Waals surface area contributed by atoms with E-state index in [0.717, 1.165) is 0 Å². The Morgan fingerprint density at radius 1 is 1.04 bits per heavy atom. The van der Waals surface area contributed by atoms with Crippen molar-refractivity contribution in [1.29, 1.82) is 0 Å². The molecule has 0 fully saturated rings. The van der Waals surface area contributed by atoms with Gasteiger partial charge in [0.25, 0.3) is 5.91 Å². The molecule has 0 radical (unpaired) electrons. The number of carbonyl (C=O) groups excluding carboxylic acids is 1. The van der Waals surface area contributed by atoms with Crippen molar-refractivity contribution in [3.8, 4) is 28.5 Å². The fourth-order valence-electron chi connectivity index (χ4n) is 2.40. The van der Waals surface area contributed by atoms with Crippen molar-refractivity contribution in [3.05, 3.63) is 53.2 Å². The number of nitrogens with zero attached hydrogens (tertiary/aromatic N) is 1. The van der Waals surface area contributed by atoms with Crippen molar-refractivity contribution in [3.63, 3.8) is 0 Å². The number of halogens is 1. The quantitative estimate of drug-likeness (QED) is 0.684. The summed E-state index contributed by atoms with van der Waals surface area (Å²) in [6, 6.07) is 9.46. The molecule has 3 aromatic rings. The molecule has 27 heavy (non-hydrogen) atoms. The first-order valence-corrected chi connectivity index (χ1v) is 8.76. The van der Waals surface area contributed by atoms with E-state index in [0.29, 0.717) is 33.5 Å². The van der Waals surface area contributed by atoms with Crippen LogP contribution in [0.1, 0.15) is 10.4 Å². The predicted molar refractivity (Wildman–Crippen MR) is 102 cm³/mol. The van der Waals surface area contributed by atoms with Crippen LogP contribution in [0.5, 0.6) is 17.2 Å². The maximum atomic E-state index is 13.9. The van der Waals surface area contributed by atoms with Gasteiger partial charge in [0, 0.05) is 22.6 Å². The third-order valence-corrected chi connectivity index (χ3v) is 4.54. The number of methoxy groups -OCH3 is 3. The standard InChI is InChI=1S/C19H17FN2O4S/c1-24-13-6-12(7-14(9-13)25-2)18(23)22-19-21-16(10-27-19)11-4-5-17(26-3)15(20)8-11/h4-10H,1-3H3,(H,21,22,23). The number of aromatic nitrogens is 1. The third kappa shape index (κ3) is 4.17. The van der Waals surface area contributed by atoms with Crippen LogP contribution in [-0.4, -0.2) is 32.2 Å². The summed E-state index contributed by atoms with van der Waals surface area (Å²) in [5.74, 6) is 0.349. The zero-order valence-corrected chi connectivity index (χ0v) is 15.7. The number of ether oxygens (including phenoxy) is 3. The van der Waals surface area contributed by atoms with Crippen LogP contribution in [0.3, 0.4) is 0 Å². The van der Waals surface area contributed by atoms with E-state index < -0.39 is 5.82 Å². The van der Waals surface area contributed by atoms with Crippen molar-refractivity contribution in [2.24, 2.45) is 0 Å². The van der Waals surface area contributed by atoms with Crippen molar-refractivity contribution < 1.29 is 23.4 Å². The van der Waals surface area contributed by atoms with Gasteiger partial charge in [0.15, 0.2) is 16.7 Å². The Bertz CT molecular complexity index is 952. The number of anilines is 1. The van der Waals surface area contributed by atoms with E-state index >= 15 is 0 Å². The molecule has 8 heteroatoms. The highest BCUT2D eigenvalue weighted by Gasteiger charge is 2.13. The molecule has 1 heterocycles. The van der Waals surface area contributed by atoms with E-state index in [-0.39, 0.29) is 11.7 Å². The maximum absolute atomic E-state index is 13.9. The molecule has 140 valence electrons. The van der Waals surface area contributed by atoms with Crippen LogP contribution >= 0.6 is 11.3 Å². The van der Waals surface area contributed by atoms with E-state index in [1.165, 1.54) is 44.8 Å². The van der Waals surface area contributed by atoms with Gasteiger partial charge >= 0.3 is 0 Å². The van der Waals surface area contributed by atoms with E-state index in [1.54, 1.807) is 29.6 Å². The van der Waals surface area contributed by atoms with Gasteiger partial charge in [0.05, 0.1) is 27.0 Å². The first kappa shape index (κ1) is 18.7. The first-order chi connectivity index (χ1) is 13.0. The molecule has 1 aromatic heterocycles. The molecule has 6 nitrogen and oxygen atoms in total. The summed E-state index contributed by atoms with van der Waals surface area (Å²) in [7, 11) is 4.43. The third-order valence-electron chi connectivity index (χ3n) is 3.79. The Hall–Kier alpha value is -3.13. The number of thiazole rings is 1. The topological polar surface area (TPSA) is 69.7 Å². The summed E-state index contributed by atoms with van der Waals surface area (Å²) in [5.41, 5.74) is 1.52. The van der Waals surface area contributed by atoms with Crippen LogP contribution < -0.4 is 19.5 Å². The second-order valence-corrected chi connectivity index (χ2v) is 6.30. The number of benzene rings is 2. The van der Waals surface area contributed by atoms with Gasteiger partial charge in [0.2, 0.25) is 0 Å². The molecular formula is C19H17FN2O4S. The number of nitrogens with one attached hydrogen (secondary N) is 1. The summed E-state index contributed by atoms with van der Waals surface area (Å²) < 4.78 is 29.1. The largest absolute Gasteiger partial charge is 0.497 e. The molecule has 0 unspecified atom stereocenters. The van der Waals surface area contributed by atoms with Crippen molar-refractivity contribution in [1.82, 2.24) is 4.98 Å². The van der Waals surface area contributed by atoms with Gasteiger partial charge in [0.1, 0.15) is 11.5 Å². The molecule has 0 atom stereocenters. The number of amides is 1. The molecule has 0 bridgehead atoms. The highest BCUT2D eigenvalue weighted by atomic mass is 32.1. The molecular weight excluding hydrogens is 371 g/mol. The van der Waals surface area contributed by atoms with Gasteiger partial charge in [-0.15, -0.1) is 11.3 Å². The van der Waals surface area contributed by atoms with E-state index in [2.05, 4.69) is 10.3 Å². The molecule has 0 aliphatic rings. The van der Waals surface area contributed by atoms with Gasteiger partial charge in [-0.3, -0.25) is 10.1 Å². The van der Waals surface area contributed by atoms with Gasteiger partial charge in [-0.2, -0.15) is 0 Å². The molecule has 1 amide bonds. The van der Waals surface area contributed by atoms with Crippen LogP contribution in [0.4, 0.5) is 9.52 Å². The molecule has 1 N–H and O–H groups in total. The molecule has 0 saturated heterocycles. The second kappa shape index (κ2) is 8.05. The number of hydrogen-bond donors (Lipinski definition) is 1. The lowest BCUT2D eigenvalue weighted by molar-refractivity contribution is 0.102. The Morgan fingerprint density at radius 3 is 2.33 bits per heavy atom. The van der Waals surface area contributed by atoms with Gasteiger partial charge in [-0.1, -0.05) is 0 Å². The molecule has 3 rings (SSSR count). The van der Waals surface area contributed by atoms with Crippen molar-refractivity contribution in [2.45, 2.75) is 0 Å².